The van der Waals surface area contributed by atoms with Crippen molar-refractivity contribution in [3.8, 4) is 0 Å². The molecule has 0 aromatic rings. The van der Waals surface area contributed by atoms with Crippen molar-refractivity contribution in [3.63, 3.8) is 0 Å². The highest BCUT2D eigenvalue weighted by Crippen LogP contribution is 2.06. The number of carbonyl (C=O) groups is 6. The summed E-state index contributed by atoms with van der Waals surface area (Å²) in [6.07, 6.45) is -1.10. The van der Waals surface area contributed by atoms with Crippen LogP contribution in [0.5, 0.6) is 0 Å². The van der Waals surface area contributed by atoms with Crippen molar-refractivity contribution in [2.45, 2.75) is 27.7 Å². The van der Waals surface area contributed by atoms with Gasteiger partial charge in [-0.2, -0.15) is 0 Å². The Kier molecular flexibility index (Phi) is 14.6. The van der Waals surface area contributed by atoms with Crippen molar-refractivity contribution >= 4 is 36.1 Å². The minimum atomic E-state index is -1.14. The van der Waals surface area contributed by atoms with E-state index >= 15 is 0 Å². The molecule has 0 unspecified atom stereocenters. The number of esters is 3. The van der Waals surface area contributed by atoms with Gasteiger partial charge in [-0.15, -0.1) is 0 Å². The Balaban J connectivity index is 5.53. The van der Waals surface area contributed by atoms with Gasteiger partial charge in [-0.25, -0.2) is 38.6 Å². The molecule has 0 saturated heterocycles. The van der Waals surface area contributed by atoms with E-state index in [2.05, 4.69) is 25.1 Å². The Morgan fingerprint density at radius 1 is 0.667 bits per heavy atom. The molecular formula is C23H33N3O10. The number of carbonyl (C=O) groups excluding carboxylic acids is 6. The van der Waals surface area contributed by atoms with Crippen molar-refractivity contribution in [1.82, 2.24) is 15.1 Å². The van der Waals surface area contributed by atoms with Crippen LogP contribution in [0.1, 0.15) is 27.7 Å². The Labute approximate surface area is 209 Å². The van der Waals surface area contributed by atoms with Gasteiger partial charge >= 0.3 is 36.1 Å². The summed E-state index contributed by atoms with van der Waals surface area (Å²) in [6.45, 7) is 13.9. The lowest BCUT2D eigenvalue weighted by atomic mass is 10.4. The van der Waals surface area contributed by atoms with Crippen LogP contribution in [0.4, 0.5) is 14.4 Å². The van der Waals surface area contributed by atoms with Gasteiger partial charge in [0.2, 0.25) is 0 Å². The van der Waals surface area contributed by atoms with Gasteiger partial charge < -0.3 is 24.3 Å². The molecule has 0 aliphatic carbocycles. The van der Waals surface area contributed by atoms with Crippen molar-refractivity contribution in [2.24, 2.45) is 0 Å². The van der Waals surface area contributed by atoms with E-state index < -0.39 is 62.4 Å². The summed E-state index contributed by atoms with van der Waals surface area (Å²) in [5.74, 6) is -2.15. The van der Waals surface area contributed by atoms with E-state index in [9.17, 15) is 28.8 Å². The summed E-state index contributed by atoms with van der Waals surface area (Å²) >= 11 is 0. The summed E-state index contributed by atoms with van der Waals surface area (Å²) in [5, 5.41) is 2.36. The summed E-state index contributed by atoms with van der Waals surface area (Å²) in [7, 11) is 0. The van der Waals surface area contributed by atoms with Gasteiger partial charge in [0.15, 0.2) is 0 Å². The fourth-order valence-electron chi connectivity index (χ4n) is 2.12. The second-order valence-corrected chi connectivity index (χ2v) is 7.27. The molecular weight excluding hydrogens is 478 g/mol. The number of nitrogens with one attached hydrogen (secondary N) is 1. The molecule has 0 heterocycles. The summed E-state index contributed by atoms with van der Waals surface area (Å²) in [6, 6.07) is -2.12. The molecule has 0 spiro atoms. The van der Waals surface area contributed by atoms with Crippen LogP contribution in [-0.4, -0.2) is 91.9 Å². The average Bonchev–Trinajstić information content (AvgIpc) is 2.81. The first-order chi connectivity index (χ1) is 16.8. The molecule has 13 nitrogen and oxygen atoms in total. The predicted octanol–water partition coefficient (Wildman–Crippen LogP) is 1.93. The van der Waals surface area contributed by atoms with Crippen molar-refractivity contribution in [3.05, 3.63) is 36.5 Å². The maximum absolute atomic E-state index is 13.1. The first-order valence-corrected chi connectivity index (χ1v) is 10.8. The van der Waals surface area contributed by atoms with E-state index in [0.717, 1.165) is 0 Å². The molecule has 0 radical (unpaired) electrons. The third kappa shape index (κ3) is 11.8. The zero-order valence-electron chi connectivity index (χ0n) is 21.0. The fraction of sp³-hybridized carbons (Fsp3) is 0.478. The van der Waals surface area contributed by atoms with Crippen LogP contribution in [0.25, 0.3) is 0 Å². The molecule has 0 aromatic carbocycles. The molecule has 0 aliphatic rings. The molecule has 0 atom stereocenters. The largest absolute Gasteiger partial charge is 0.460 e. The normalized spacial score (nSPS) is 9.78. The van der Waals surface area contributed by atoms with Crippen molar-refractivity contribution in [1.29, 1.82) is 0 Å². The number of nitrogens with zero attached hydrogens (tertiary/aromatic N) is 2. The minimum absolute atomic E-state index is 0.0787. The van der Waals surface area contributed by atoms with Gasteiger partial charge in [0, 0.05) is 16.7 Å². The molecule has 0 saturated carbocycles. The number of hydrogen-bond donors (Lipinski definition) is 1. The Bertz CT molecular complexity index is 897. The maximum Gasteiger partial charge on any atom is 0.418 e. The zero-order chi connectivity index (χ0) is 27.8. The zero-order valence-corrected chi connectivity index (χ0v) is 21.0. The first-order valence-electron chi connectivity index (χ1n) is 10.8. The summed E-state index contributed by atoms with van der Waals surface area (Å²) in [4.78, 5) is 74.1. The second-order valence-electron chi connectivity index (χ2n) is 7.27. The van der Waals surface area contributed by atoms with Gasteiger partial charge in [0.1, 0.15) is 19.8 Å². The molecule has 36 heavy (non-hydrogen) atoms. The third-order valence-corrected chi connectivity index (χ3v) is 3.95. The molecule has 13 heteroatoms. The lowest BCUT2D eigenvalue weighted by Crippen LogP contribution is -2.54. The standard InChI is InChI=1S/C23H33N3O10/c1-8-33-23(32)26(11-14-36-20(29)17(6)7)22(31)25(10-13-35-19(28)16(4)5)21(30)24-9-12-34-18(27)15(2)3/h2,4,6,8-14H2,1,3,5,7H3,(H,24,30). The summed E-state index contributed by atoms with van der Waals surface area (Å²) in [5.41, 5.74) is 0.371. The molecule has 0 aromatic heterocycles. The number of urea groups is 2. The molecule has 5 amide bonds. The van der Waals surface area contributed by atoms with Crippen molar-refractivity contribution in [2.75, 3.05) is 46.1 Å². The van der Waals surface area contributed by atoms with E-state index in [1.165, 1.54) is 27.7 Å². The summed E-state index contributed by atoms with van der Waals surface area (Å²) < 4.78 is 19.6. The number of amides is 5. The quantitative estimate of drug-likeness (QED) is 0.168. The molecule has 1 N–H and O–H groups in total. The van der Waals surface area contributed by atoms with E-state index in [1.54, 1.807) is 0 Å². The van der Waals surface area contributed by atoms with Gasteiger partial charge in [-0.3, -0.25) is 0 Å². The van der Waals surface area contributed by atoms with E-state index in [0.29, 0.717) is 9.80 Å². The van der Waals surface area contributed by atoms with Crippen LogP contribution in [0.15, 0.2) is 36.5 Å². The number of imide groups is 2. The van der Waals surface area contributed by atoms with Crippen LogP contribution in [0.2, 0.25) is 0 Å². The third-order valence-electron chi connectivity index (χ3n) is 3.95. The van der Waals surface area contributed by atoms with E-state index in [4.69, 9.17) is 18.9 Å². The van der Waals surface area contributed by atoms with E-state index in [1.807, 2.05) is 0 Å². The molecule has 0 fully saturated rings. The Morgan fingerprint density at radius 2 is 1.08 bits per heavy atom. The van der Waals surface area contributed by atoms with Crippen LogP contribution in [0, 0.1) is 0 Å². The maximum atomic E-state index is 13.1. The minimum Gasteiger partial charge on any atom is -0.460 e. The lowest BCUT2D eigenvalue weighted by molar-refractivity contribution is -0.139. The van der Waals surface area contributed by atoms with Gasteiger partial charge in [0.05, 0.1) is 26.2 Å². The molecule has 0 rings (SSSR count). The average molecular weight is 512 g/mol. The monoisotopic (exact) mass is 511 g/mol. The van der Waals surface area contributed by atoms with Gasteiger partial charge in [-0.05, 0) is 27.7 Å². The molecule has 200 valence electrons. The topological polar surface area (TPSA) is 158 Å². The molecule has 0 aliphatic heterocycles. The van der Waals surface area contributed by atoms with Crippen LogP contribution < -0.4 is 5.32 Å². The highest BCUT2D eigenvalue weighted by atomic mass is 16.6. The second kappa shape index (κ2) is 16.5. The Morgan fingerprint density at radius 3 is 1.50 bits per heavy atom. The highest BCUT2D eigenvalue weighted by molar-refractivity contribution is 6.00. The number of hydrogen-bond acceptors (Lipinski definition) is 10. The number of ether oxygens (including phenoxy) is 4. The van der Waals surface area contributed by atoms with Crippen LogP contribution in [-0.2, 0) is 33.3 Å². The van der Waals surface area contributed by atoms with Crippen molar-refractivity contribution < 1.29 is 47.7 Å². The predicted molar refractivity (Wildman–Crippen MR) is 127 cm³/mol. The van der Waals surface area contributed by atoms with E-state index in [-0.39, 0.29) is 36.5 Å². The first kappa shape index (κ1) is 31.8. The van der Waals surface area contributed by atoms with Gasteiger partial charge in [-0.1, -0.05) is 19.7 Å². The van der Waals surface area contributed by atoms with Crippen LogP contribution in [0.3, 0.4) is 0 Å². The number of rotatable bonds is 13. The lowest BCUT2D eigenvalue weighted by Gasteiger charge is -2.27. The van der Waals surface area contributed by atoms with Gasteiger partial charge in [0.25, 0.3) is 0 Å². The highest BCUT2D eigenvalue weighted by Gasteiger charge is 2.32. The fourth-order valence-corrected chi connectivity index (χ4v) is 2.12. The van der Waals surface area contributed by atoms with Crippen LogP contribution >= 0.6 is 0 Å². The smallest absolute Gasteiger partial charge is 0.418 e. The Hall–Kier alpha value is -4.16. The molecule has 0 bridgehead atoms. The SMILES string of the molecule is C=C(C)C(=O)OCCNC(=O)N(CCOC(=O)C(=C)C)C(=O)N(CCOC(=O)C(=C)C)C(=O)OCC.